The molecule has 3 amide bonds. The third kappa shape index (κ3) is 4.45. The van der Waals surface area contributed by atoms with E-state index in [0.29, 0.717) is 37.4 Å². The summed E-state index contributed by atoms with van der Waals surface area (Å²) < 4.78 is 4.66. The van der Waals surface area contributed by atoms with Gasteiger partial charge in [-0.15, -0.1) is 0 Å². The summed E-state index contributed by atoms with van der Waals surface area (Å²) in [4.78, 5) is 38.7. The van der Waals surface area contributed by atoms with E-state index in [4.69, 9.17) is 0 Å². The molecule has 124 valence electrons. The van der Waals surface area contributed by atoms with Crippen molar-refractivity contribution in [3.8, 4) is 0 Å². The topological polar surface area (TPSA) is 79.0 Å². The standard InChI is InChI=1S/C16H21N3O4/c1-12(20)18-7-4-8-19(10-9-18)16(22)17-14-6-3-5-13(11-14)15(21)23-2/h3,5-6,11H,4,7-10H2,1-2H3,(H,17,22). The Kier molecular flexibility index (Phi) is 5.56. The molecule has 1 aliphatic heterocycles. The second kappa shape index (κ2) is 7.62. The third-order valence-electron chi connectivity index (χ3n) is 3.76. The zero-order valence-corrected chi connectivity index (χ0v) is 13.4. The smallest absolute Gasteiger partial charge is 0.337 e. The minimum Gasteiger partial charge on any atom is -0.465 e. The van der Waals surface area contributed by atoms with Gasteiger partial charge in [-0.25, -0.2) is 9.59 Å². The zero-order chi connectivity index (χ0) is 16.8. The fraction of sp³-hybridized carbons (Fsp3) is 0.438. The number of carbonyl (C=O) groups is 3. The van der Waals surface area contributed by atoms with Gasteiger partial charge in [0.05, 0.1) is 12.7 Å². The normalized spacial score (nSPS) is 14.9. The molecule has 0 bridgehead atoms. The number of carbonyl (C=O) groups excluding carboxylic acids is 3. The van der Waals surface area contributed by atoms with E-state index in [1.165, 1.54) is 14.0 Å². The first kappa shape index (κ1) is 16.8. The van der Waals surface area contributed by atoms with Crippen LogP contribution in [0, 0.1) is 0 Å². The molecule has 0 radical (unpaired) electrons. The van der Waals surface area contributed by atoms with E-state index in [1.807, 2.05) is 0 Å². The Hall–Kier alpha value is -2.57. The third-order valence-corrected chi connectivity index (χ3v) is 3.76. The average molecular weight is 319 g/mol. The van der Waals surface area contributed by atoms with Gasteiger partial charge in [-0.2, -0.15) is 0 Å². The molecule has 7 nitrogen and oxygen atoms in total. The molecule has 0 aromatic heterocycles. The predicted octanol–water partition coefficient (Wildman–Crippen LogP) is 1.56. The van der Waals surface area contributed by atoms with Crippen molar-refractivity contribution in [3.05, 3.63) is 29.8 Å². The quantitative estimate of drug-likeness (QED) is 0.839. The minimum absolute atomic E-state index is 0.0260. The van der Waals surface area contributed by atoms with E-state index in [9.17, 15) is 14.4 Å². The van der Waals surface area contributed by atoms with Crippen LogP contribution in [0.3, 0.4) is 0 Å². The summed E-state index contributed by atoms with van der Waals surface area (Å²) in [7, 11) is 1.31. The number of urea groups is 1. The van der Waals surface area contributed by atoms with Crippen molar-refractivity contribution in [2.45, 2.75) is 13.3 Å². The van der Waals surface area contributed by atoms with Crippen LogP contribution in [0.4, 0.5) is 10.5 Å². The number of hydrogen-bond acceptors (Lipinski definition) is 4. The predicted molar refractivity (Wildman–Crippen MR) is 85.2 cm³/mol. The van der Waals surface area contributed by atoms with E-state index in [1.54, 1.807) is 34.1 Å². The van der Waals surface area contributed by atoms with Gasteiger partial charge >= 0.3 is 12.0 Å². The van der Waals surface area contributed by atoms with Crippen molar-refractivity contribution in [1.82, 2.24) is 9.80 Å². The lowest BCUT2D eigenvalue weighted by Gasteiger charge is -2.21. The number of hydrogen-bond donors (Lipinski definition) is 1. The Morgan fingerprint density at radius 1 is 1.09 bits per heavy atom. The molecule has 0 unspecified atom stereocenters. The summed E-state index contributed by atoms with van der Waals surface area (Å²) in [6, 6.07) is 6.35. The summed E-state index contributed by atoms with van der Waals surface area (Å²) in [6.45, 7) is 3.81. The zero-order valence-electron chi connectivity index (χ0n) is 13.4. The number of nitrogens with zero attached hydrogens (tertiary/aromatic N) is 2. The van der Waals surface area contributed by atoms with Gasteiger partial charge in [-0.1, -0.05) is 6.07 Å². The van der Waals surface area contributed by atoms with Gasteiger partial charge in [0.15, 0.2) is 0 Å². The monoisotopic (exact) mass is 319 g/mol. The van der Waals surface area contributed by atoms with Crippen LogP contribution in [0.25, 0.3) is 0 Å². The second-order valence-corrected chi connectivity index (χ2v) is 5.35. The number of esters is 1. The molecular formula is C16H21N3O4. The Morgan fingerprint density at radius 2 is 1.78 bits per heavy atom. The Morgan fingerprint density at radius 3 is 2.48 bits per heavy atom. The molecular weight excluding hydrogens is 298 g/mol. The molecule has 1 aliphatic rings. The average Bonchev–Trinajstić information content (AvgIpc) is 2.80. The van der Waals surface area contributed by atoms with Gasteiger partial charge < -0.3 is 19.9 Å². The van der Waals surface area contributed by atoms with Crippen molar-refractivity contribution < 1.29 is 19.1 Å². The van der Waals surface area contributed by atoms with Crippen LogP contribution in [0.15, 0.2) is 24.3 Å². The molecule has 1 fully saturated rings. The summed E-state index contributed by atoms with van der Waals surface area (Å²) in [5, 5.41) is 2.78. The van der Waals surface area contributed by atoms with Gasteiger partial charge in [-0.05, 0) is 24.6 Å². The molecule has 1 aromatic carbocycles. The molecule has 0 atom stereocenters. The first-order valence-corrected chi connectivity index (χ1v) is 7.51. The highest BCUT2D eigenvalue weighted by molar-refractivity contribution is 5.93. The van der Waals surface area contributed by atoms with E-state index in [2.05, 4.69) is 10.1 Å². The number of amides is 3. The molecule has 1 N–H and O–H groups in total. The lowest BCUT2D eigenvalue weighted by atomic mass is 10.2. The van der Waals surface area contributed by atoms with Crippen LogP contribution >= 0.6 is 0 Å². The SMILES string of the molecule is COC(=O)c1cccc(NC(=O)N2CCCN(C(C)=O)CC2)c1. The summed E-state index contributed by atoms with van der Waals surface area (Å²) in [6.07, 6.45) is 0.745. The van der Waals surface area contributed by atoms with Gasteiger partial charge in [0, 0.05) is 38.8 Å². The fourth-order valence-electron chi connectivity index (χ4n) is 2.48. The molecule has 1 aromatic rings. The number of methoxy groups -OCH3 is 1. The van der Waals surface area contributed by atoms with E-state index in [-0.39, 0.29) is 11.9 Å². The number of rotatable bonds is 2. The van der Waals surface area contributed by atoms with Crippen molar-refractivity contribution >= 4 is 23.6 Å². The van der Waals surface area contributed by atoms with Crippen molar-refractivity contribution in [3.63, 3.8) is 0 Å². The van der Waals surface area contributed by atoms with E-state index < -0.39 is 5.97 Å². The molecule has 1 heterocycles. The Balaban J connectivity index is 1.99. The van der Waals surface area contributed by atoms with Crippen LogP contribution < -0.4 is 5.32 Å². The van der Waals surface area contributed by atoms with E-state index >= 15 is 0 Å². The maximum Gasteiger partial charge on any atom is 0.337 e. The number of anilines is 1. The molecule has 1 saturated heterocycles. The van der Waals surface area contributed by atoms with Gasteiger partial charge in [0.1, 0.15) is 0 Å². The van der Waals surface area contributed by atoms with Crippen molar-refractivity contribution in [2.24, 2.45) is 0 Å². The first-order valence-electron chi connectivity index (χ1n) is 7.51. The highest BCUT2D eigenvalue weighted by Crippen LogP contribution is 2.13. The largest absolute Gasteiger partial charge is 0.465 e. The van der Waals surface area contributed by atoms with Gasteiger partial charge in [0.25, 0.3) is 0 Å². The highest BCUT2D eigenvalue weighted by atomic mass is 16.5. The van der Waals surface area contributed by atoms with Crippen molar-refractivity contribution in [1.29, 1.82) is 0 Å². The molecule has 0 aliphatic carbocycles. The second-order valence-electron chi connectivity index (χ2n) is 5.35. The van der Waals surface area contributed by atoms with Crippen LogP contribution in [0.2, 0.25) is 0 Å². The maximum atomic E-state index is 12.3. The minimum atomic E-state index is -0.451. The first-order chi connectivity index (χ1) is 11.0. The molecule has 2 rings (SSSR count). The number of benzene rings is 1. The van der Waals surface area contributed by atoms with Crippen molar-refractivity contribution in [2.75, 3.05) is 38.6 Å². The number of nitrogens with one attached hydrogen (secondary N) is 1. The molecule has 23 heavy (non-hydrogen) atoms. The summed E-state index contributed by atoms with van der Waals surface area (Å²) in [5.74, 6) is -0.425. The fourth-order valence-corrected chi connectivity index (χ4v) is 2.48. The van der Waals surface area contributed by atoms with Crippen LogP contribution in [-0.4, -0.2) is 61.0 Å². The Bertz CT molecular complexity index is 603. The van der Waals surface area contributed by atoms with E-state index in [0.717, 1.165) is 6.42 Å². The molecule has 0 spiro atoms. The van der Waals surface area contributed by atoms with Gasteiger partial charge in [0.2, 0.25) is 5.91 Å². The van der Waals surface area contributed by atoms with Crippen LogP contribution in [0.5, 0.6) is 0 Å². The van der Waals surface area contributed by atoms with Gasteiger partial charge in [-0.3, -0.25) is 4.79 Å². The van der Waals surface area contributed by atoms with Crippen LogP contribution in [-0.2, 0) is 9.53 Å². The molecule has 0 saturated carbocycles. The number of ether oxygens (including phenoxy) is 1. The summed E-state index contributed by atoms with van der Waals surface area (Å²) >= 11 is 0. The Labute approximate surface area is 135 Å². The van der Waals surface area contributed by atoms with Crippen LogP contribution in [0.1, 0.15) is 23.7 Å². The highest BCUT2D eigenvalue weighted by Gasteiger charge is 2.20. The lowest BCUT2D eigenvalue weighted by Crippen LogP contribution is -2.38. The summed E-state index contributed by atoms with van der Waals surface area (Å²) in [5.41, 5.74) is 0.912. The maximum absolute atomic E-state index is 12.3. The lowest BCUT2D eigenvalue weighted by molar-refractivity contribution is -0.128. The molecule has 7 heteroatoms.